The summed E-state index contributed by atoms with van der Waals surface area (Å²) in [5.41, 5.74) is 3.58. The van der Waals surface area contributed by atoms with Crippen LogP contribution in [-0.4, -0.2) is 17.1 Å². The van der Waals surface area contributed by atoms with Gasteiger partial charge in [0, 0.05) is 10.6 Å². The Morgan fingerprint density at radius 1 is 1.00 bits per heavy atom. The van der Waals surface area contributed by atoms with Gasteiger partial charge in [-0.2, -0.15) is 0 Å². The molecule has 0 fully saturated rings. The number of fused-ring (bicyclic) bond motifs is 1. The van der Waals surface area contributed by atoms with Gasteiger partial charge in [0.15, 0.2) is 4.80 Å². The van der Waals surface area contributed by atoms with Gasteiger partial charge in [0.05, 0.1) is 43.5 Å². The number of hydrogen-bond acceptors (Lipinski definition) is 6. The van der Waals surface area contributed by atoms with Crippen LogP contribution in [0.5, 0.6) is 5.75 Å². The Morgan fingerprint density at radius 2 is 1.74 bits per heavy atom. The van der Waals surface area contributed by atoms with Crippen LogP contribution in [-0.2, 0) is 16.1 Å². The monoisotopic (exact) mass is 660 g/mol. The average molecular weight is 662 g/mol. The van der Waals surface area contributed by atoms with Crippen molar-refractivity contribution in [2.75, 3.05) is 6.61 Å². The Hall–Kier alpha value is -3.07. The highest BCUT2D eigenvalue weighted by atomic mass is 35.5. The zero-order valence-corrected chi connectivity index (χ0v) is 26.6. The van der Waals surface area contributed by atoms with Gasteiger partial charge in [-0.1, -0.05) is 93.6 Å². The Labute approximate surface area is 266 Å². The maximum Gasteiger partial charge on any atom is 0.338 e. The number of nitrogens with zero attached hydrogens (tertiary/aromatic N) is 2. The molecule has 42 heavy (non-hydrogen) atoms. The summed E-state index contributed by atoms with van der Waals surface area (Å²) in [7, 11) is 0. The van der Waals surface area contributed by atoms with Crippen molar-refractivity contribution in [3.63, 3.8) is 0 Å². The third kappa shape index (κ3) is 6.17. The summed E-state index contributed by atoms with van der Waals surface area (Å²) in [6.45, 7) is 5.80. The van der Waals surface area contributed by atoms with E-state index in [1.54, 1.807) is 50.3 Å². The molecule has 3 aromatic carbocycles. The molecule has 1 aliphatic heterocycles. The molecule has 2 heterocycles. The minimum atomic E-state index is -0.712. The van der Waals surface area contributed by atoms with Gasteiger partial charge in [0.1, 0.15) is 12.4 Å². The summed E-state index contributed by atoms with van der Waals surface area (Å²) in [4.78, 5) is 32.2. The molecule has 11 heteroatoms. The lowest BCUT2D eigenvalue weighted by Crippen LogP contribution is -2.39. The van der Waals surface area contributed by atoms with Crippen molar-refractivity contribution in [3.05, 3.63) is 128 Å². The zero-order chi connectivity index (χ0) is 30.1. The number of halogens is 4. The van der Waals surface area contributed by atoms with E-state index in [1.165, 1.54) is 15.9 Å². The molecule has 1 aliphatic rings. The van der Waals surface area contributed by atoms with Crippen molar-refractivity contribution in [3.8, 4) is 5.75 Å². The molecule has 0 saturated heterocycles. The summed E-state index contributed by atoms with van der Waals surface area (Å²) in [5, 5.41) is 1.49. The molecule has 0 aliphatic carbocycles. The van der Waals surface area contributed by atoms with Gasteiger partial charge in [-0.05, 0) is 62.2 Å². The van der Waals surface area contributed by atoms with Crippen LogP contribution in [0.2, 0.25) is 20.1 Å². The molecule has 6 nitrogen and oxygen atoms in total. The molecule has 0 spiro atoms. The van der Waals surface area contributed by atoms with E-state index in [4.69, 9.17) is 55.9 Å². The lowest BCUT2D eigenvalue weighted by molar-refractivity contribution is -0.139. The Kier molecular flexibility index (Phi) is 9.16. The fourth-order valence-electron chi connectivity index (χ4n) is 4.62. The summed E-state index contributed by atoms with van der Waals surface area (Å²) in [5.74, 6) is -0.172. The predicted octanol–water partition coefficient (Wildman–Crippen LogP) is 7.30. The van der Waals surface area contributed by atoms with Crippen molar-refractivity contribution in [1.82, 2.24) is 4.57 Å². The normalized spacial score (nSPS) is 14.9. The first kappa shape index (κ1) is 30.4. The van der Waals surface area contributed by atoms with E-state index in [0.29, 0.717) is 47.0 Å². The molecule has 0 amide bonds. The molecular formula is C31H24Cl4N2O4S. The Bertz CT molecular complexity index is 1910. The third-order valence-corrected chi connectivity index (χ3v) is 8.82. The summed E-state index contributed by atoms with van der Waals surface area (Å²) in [6.07, 6.45) is 1.67. The van der Waals surface area contributed by atoms with E-state index >= 15 is 0 Å². The predicted molar refractivity (Wildman–Crippen MR) is 169 cm³/mol. The van der Waals surface area contributed by atoms with E-state index in [2.05, 4.69) is 4.99 Å². The number of hydrogen-bond donors (Lipinski definition) is 0. The van der Waals surface area contributed by atoms with Crippen LogP contribution in [0.3, 0.4) is 0 Å². The van der Waals surface area contributed by atoms with Gasteiger partial charge in [0.2, 0.25) is 0 Å². The van der Waals surface area contributed by atoms with E-state index in [1.807, 2.05) is 31.2 Å². The Morgan fingerprint density at radius 3 is 2.43 bits per heavy atom. The number of aromatic nitrogens is 1. The minimum absolute atomic E-state index is 0.149. The van der Waals surface area contributed by atoms with Crippen LogP contribution in [0.4, 0.5) is 0 Å². The van der Waals surface area contributed by atoms with Gasteiger partial charge in [-0.25, -0.2) is 9.79 Å². The number of thiazole rings is 1. The zero-order valence-electron chi connectivity index (χ0n) is 22.7. The maximum atomic E-state index is 14.0. The lowest BCUT2D eigenvalue weighted by Gasteiger charge is -2.24. The number of allylic oxidation sites excluding steroid dienone is 1. The standard InChI is InChI=1S/C31H24Cl4N2O4S/c1-4-40-30(39)26-17(3)36-31-37(27(26)19-8-5-16(2)6-9-19)29(38)25(42-31)13-20-12-21(32)14-24(35)28(20)41-15-18-7-10-22(33)23(34)11-18/h5-14,27H,4,15H2,1-3H3/b25-13-/t27-/m0/s1. The van der Waals surface area contributed by atoms with Gasteiger partial charge in [-0.15, -0.1) is 0 Å². The first-order valence-corrected chi connectivity index (χ1v) is 15.2. The fraction of sp³-hybridized carbons (Fsp3) is 0.194. The highest BCUT2D eigenvalue weighted by Gasteiger charge is 2.33. The van der Waals surface area contributed by atoms with Crippen LogP contribution in [0, 0.1) is 6.92 Å². The first-order valence-electron chi connectivity index (χ1n) is 12.9. The Balaban J connectivity index is 1.63. The van der Waals surface area contributed by atoms with E-state index < -0.39 is 12.0 Å². The SMILES string of the molecule is CCOC(=O)C1=C(C)N=c2s/c(=C\c3cc(Cl)cc(Cl)c3OCc3ccc(Cl)c(Cl)c3)c(=O)n2[C@H]1c1ccc(C)cc1. The number of ether oxygens (including phenoxy) is 2. The highest BCUT2D eigenvalue weighted by molar-refractivity contribution is 7.07. The van der Waals surface area contributed by atoms with Gasteiger partial charge in [0.25, 0.3) is 5.56 Å². The van der Waals surface area contributed by atoms with E-state index in [-0.39, 0.29) is 23.8 Å². The van der Waals surface area contributed by atoms with Crippen molar-refractivity contribution in [2.24, 2.45) is 4.99 Å². The fourth-order valence-corrected chi connectivity index (χ4v) is 6.54. The summed E-state index contributed by atoms with van der Waals surface area (Å²) < 4.78 is 13.4. The summed E-state index contributed by atoms with van der Waals surface area (Å²) >= 11 is 26.3. The second-order valence-electron chi connectivity index (χ2n) is 9.56. The summed E-state index contributed by atoms with van der Waals surface area (Å²) in [6, 6.07) is 15.4. The molecule has 1 aromatic heterocycles. The molecule has 216 valence electrons. The second-order valence-corrected chi connectivity index (χ2v) is 12.2. The van der Waals surface area contributed by atoms with E-state index in [0.717, 1.165) is 16.7 Å². The van der Waals surface area contributed by atoms with Crippen molar-refractivity contribution >= 4 is 69.8 Å². The van der Waals surface area contributed by atoms with E-state index in [9.17, 15) is 9.59 Å². The highest BCUT2D eigenvalue weighted by Crippen LogP contribution is 2.35. The van der Waals surface area contributed by atoms with Crippen molar-refractivity contribution in [2.45, 2.75) is 33.4 Å². The lowest BCUT2D eigenvalue weighted by atomic mass is 9.95. The van der Waals surface area contributed by atoms with Crippen molar-refractivity contribution in [1.29, 1.82) is 0 Å². The third-order valence-electron chi connectivity index (χ3n) is 6.60. The minimum Gasteiger partial charge on any atom is -0.487 e. The average Bonchev–Trinajstić information content (AvgIpc) is 3.24. The molecular weight excluding hydrogens is 638 g/mol. The quantitative estimate of drug-likeness (QED) is 0.195. The molecule has 5 rings (SSSR count). The molecule has 0 radical (unpaired) electrons. The number of esters is 1. The molecule has 0 saturated carbocycles. The van der Waals surface area contributed by atoms with Crippen LogP contribution >= 0.6 is 57.7 Å². The van der Waals surface area contributed by atoms with Crippen LogP contribution in [0.25, 0.3) is 6.08 Å². The second kappa shape index (κ2) is 12.7. The van der Waals surface area contributed by atoms with Crippen LogP contribution < -0.4 is 19.6 Å². The van der Waals surface area contributed by atoms with Gasteiger partial charge >= 0.3 is 5.97 Å². The first-order chi connectivity index (χ1) is 20.1. The topological polar surface area (TPSA) is 69.9 Å². The molecule has 1 atom stereocenters. The maximum absolute atomic E-state index is 14.0. The number of benzene rings is 3. The molecule has 4 aromatic rings. The van der Waals surface area contributed by atoms with Crippen LogP contribution in [0.15, 0.2) is 75.7 Å². The van der Waals surface area contributed by atoms with Crippen molar-refractivity contribution < 1.29 is 14.3 Å². The number of carbonyl (C=O) groups is 1. The molecule has 0 bridgehead atoms. The molecule has 0 unspecified atom stereocenters. The van der Waals surface area contributed by atoms with Gasteiger partial charge < -0.3 is 9.47 Å². The van der Waals surface area contributed by atoms with Crippen LogP contribution in [0.1, 0.15) is 42.1 Å². The number of rotatable bonds is 7. The number of aryl methyl sites for hydroxylation is 1. The molecule has 0 N–H and O–H groups in total. The number of carbonyl (C=O) groups excluding carboxylic acids is 1. The largest absolute Gasteiger partial charge is 0.487 e. The smallest absolute Gasteiger partial charge is 0.338 e. The van der Waals surface area contributed by atoms with Gasteiger partial charge in [-0.3, -0.25) is 9.36 Å².